The summed E-state index contributed by atoms with van der Waals surface area (Å²) >= 11 is 0. The number of hydrogen-bond donors (Lipinski definition) is 0. The molecule has 8 aromatic carbocycles. The van der Waals surface area contributed by atoms with Gasteiger partial charge in [0.2, 0.25) is 0 Å². The van der Waals surface area contributed by atoms with E-state index in [1.807, 2.05) is 0 Å². The van der Waals surface area contributed by atoms with Crippen LogP contribution in [-0.2, 0) is 5.41 Å². The fraction of sp³-hybridized carbons (Fsp3) is 0.0536. The highest BCUT2D eigenvalue weighted by Gasteiger charge is 2.39. The number of fused-ring (bicyclic) bond motifs is 10. The fourth-order valence-electron chi connectivity index (χ4n) is 9.97. The quantitative estimate of drug-likeness (QED) is 0.172. The predicted octanol–water partition coefficient (Wildman–Crippen LogP) is 14.6. The zero-order valence-corrected chi connectivity index (χ0v) is 32.9. The van der Waals surface area contributed by atoms with E-state index in [-0.39, 0.29) is 5.41 Å². The molecule has 0 radical (unpaired) electrons. The molecule has 0 saturated heterocycles. The summed E-state index contributed by atoms with van der Waals surface area (Å²) in [5.41, 5.74) is 17.7. The Hall–Kier alpha value is -7.49. The second kappa shape index (κ2) is 12.8. The molecule has 3 nitrogen and oxygen atoms in total. The smallest absolute Gasteiger partial charge is 0.138 e. The van der Waals surface area contributed by atoms with E-state index in [0.717, 1.165) is 39.4 Å². The van der Waals surface area contributed by atoms with Gasteiger partial charge in [-0.1, -0.05) is 159 Å². The van der Waals surface area contributed by atoms with Crippen molar-refractivity contribution >= 4 is 43.6 Å². The van der Waals surface area contributed by atoms with Crippen molar-refractivity contribution in [2.75, 3.05) is 0 Å². The summed E-state index contributed by atoms with van der Waals surface area (Å²) in [5.74, 6) is 0.902. The lowest BCUT2D eigenvalue weighted by Gasteiger charge is -2.23. The van der Waals surface area contributed by atoms with Crippen LogP contribution in [0.4, 0.5) is 0 Å². The zero-order chi connectivity index (χ0) is 39.2. The maximum Gasteiger partial charge on any atom is 0.138 e. The van der Waals surface area contributed by atoms with Crippen LogP contribution in [0.3, 0.4) is 0 Å². The molecular formula is C56H39N3. The Morgan fingerprint density at radius 2 is 1.02 bits per heavy atom. The van der Waals surface area contributed by atoms with Gasteiger partial charge in [-0.15, -0.1) is 0 Å². The maximum atomic E-state index is 5.56. The predicted molar refractivity (Wildman–Crippen MR) is 247 cm³/mol. The van der Waals surface area contributed by atoms with Crippen molar-refractivity contribution in [3.63, 3.8) is 0 Å². The molecule has 0 bridgehead atoms. The minimum absolute atomic E-state index is 0.224. The molecule has 3 heteroatoms. The minimum Gasteiger partial charge on any atom is -0.309 e. The molecule has 0 atom stereocenters. The molecule has 0 amide bonds. The molecule has 0 fully saturated rings. The summed E-state index contributed by atoms with van der Waals surface area (Å²) in [6.07, 6.45) is 0. The molecule has 0 saturated carbocycles. The van der Waals surface area contributed by atoms with Crippen LogP contribution in [-0.4, -0.2) is 14.1 Å². The summed E-state index contributed by atoms with van der Waals surface area (Å²) in [7, 11) is 0. The van der Waals surface area contributed by atoms with Gasteiger partial charge in [-0.25, -0.2) is 4.98 Å². The Morgan fingerprint density at radius 3 is 1.78 bits per heavy atom. The lowest BCUT2D eigenvalue weighted by Crippen LogP contribution is -2.15. The van der Waals surface area contributed by atoms with Gasteiger partial charge in [-0.05, 0) is 93.5 Å². The van der Waals surface area contributed by atoms with Crippen LogP contribution in [0.25, 0.3) is 99.8 Å². The third kappa shape index (κ3) is 4.98. The molecule has 0 unspecified atom stereocenters. The van der Waals surface area contributed by atoms with Crippen molar-refractivity contribution in [3.8, 4) is 56.1 Å². The van der Waals surface area contributed by atoms with Crippen LogP contribution >= 0.6 is 0 Å². The summed E-state index contributed by atoms with van der Waals surface area (Å²) in [4.78, 5) is 5.56. The highest BCUT2D eigenvalue weighted by atomic mass is 15.1. The maximum absolute atomic E-state index is 5.56. The molecule has 0 N–H and O–H groups in total. The largest absolute Gasteiger partial charge is 0.309 e. The van der Waals surface area contributed by atoms with Gasteiger partial charge in [-0.2, -0.15) is 0 Å². The highest BCUT2D eigenvalue weighted by molar-refractivity contribution is 6.22. The Balaban J connectivity index is 1.22. The lowest BCUT2D eigenvalue weighted by molar-refractivity contribution is 0.661. The van der Waals surface area contributed by atoms with Crippen LogP contribution in [0, 0.1) is 0 Å². The van der Waals surface area contributed by atoms with Gasteiger partial charge in [-0.3, -0.25) is 4.57 Å². The van der Waals surface area contributed by atoms with Gasteiger partial charge < -0.3 is 4.57 Å². The van der Waals surface area contributed by atoms with Crippen molar-refractivity contribution in [3.05, 3.63) is 211 Å². The second-order valence-electron chi connectivity index (χ2n) is 16.3. The minimum atomic E-state index is -0.224. The summed E-state index contributed by atoms with van der Waals surface area (Å²) in [6, 6.07) is 72.9. The standard InChI is InChI=1S/C56H39N3/c1-56(2)46-27-15-12-25-42(46)54-47(56)35-44(38-30-31-51-45(32-38)41-24-13-16-28-49(41)58(51)40-22-10-5-11-23-40)53-43-26-14-17-29-50(43)59(55(53)54)52-34-39(36-18-6-3-7-19-36)33-48(57-52)37-20-8-4-9-21-37/h3-35H,1-2H3. The van der Waals surface area contributed by atoms with Gasteiger partial charge >= 0.3 is 0 Å². The van der Waals surface area contributed by atoms with Crippen molar-refractivity contribution in [2.45, 2.75) is 19.3 Å². The second-order valence-corrected chi connectivity index (χ2v) is 16.3. The van der Waals surface area contributed by atoms with Crippen LogP contribution in [0.2, 0.25) is 0 Å². The summed E-state index contributed by atoms with van der Waals surface area (Å²) in [5, 5.41) is 4.94. The van der Waals surface area contributed by atoms with Crippen molar-refractivity contribution in [1.82, 2.24) is 14.1 Å². The Bertz CT molecular complexity index is 3390. The number of nitrogens with zero attached hydrogens (tertiary/aromatic N) is 3. The van der Waals surface area contributed by atoms with Crippen LogP contribution in [0.15, 0.2) is 200 Å². The third-order valence-corrected chi connectivity index (χ3v) is 12.7. The van der Waals surface area contributed by atoms with Crippen LogP contribution in [0.1, 0.15) is 25.0 Å². The average molecular weight is 754 g/mol. The Morgan fingerprint density at radius 1 is 0.407 bits per heavy atom. The molecule has 0 aliphatic heterocycles. The van der Waals surface area contributed by atoms with E-state index in [4.69, 9.17) is 4.98 Å². The number of rotatable bonds is 5. The van der Waals surface area contributed by atoms with E-state index < -0.39 is 0 Å². The Kier molecular flexibility index (Phi) is 7.27. The van der Waals surface area contributed by atoms with Gasteiger partial charge in [0, 0.05) is 43.8 Å². The average Bonchev–Trinajstić information content (AvgIpc) is 3.90. The summed E-state index contributed by atoms with van der Waals surface area (Å²) < 4.78 is 4.86. The molecule has 3 aromatic heterocycles. The molecule has 278 valence electrons. The first-order chi connectivity index (χ1) is 29.0. The third-order valence-electron chi connectivity index (χ3n) is 12.7. The van der Waals surface area contributed by atoms with Crippen LogP contribution < -0.4 is 0 Å². The van der Waals surface area contributed by atoms with Gasteiger partial charge in [0.05, 0.1) is 27.8 Å². The molecule has 0 spiro atoms. The number of para-hydroxylation sites is 3. The van der Waals surface area contributed by atoms with Crippen LogP contribution in [0.5, 0.6) is 0 Å². The van der Waals surface area contributed by atoms with Gasteiger partial charge in [0.1, 0.15) is 5.82 Å². The topological polar surface area (TPSA) is 22.8 Å². The fourth-order valence-corrected chi connectivity index (χ4v) is 9.97. The number of benzene rings is 8. The van der Waals surface area contributed by atoms with Crippen molar-refractivity contribution < 1.29 is 0 Å². The number of aromatic nitrogens is 3. The van der Waals surface area contributed by atoms with E-state index in [1.165, 1.54) is 71.5 Å². The molecule has 1 aliphatic carbocycles. The molecule has 59 heavy (non-hydrogen) atoms. The molecule has 3 heterocycles. The first-order valence-electron chi connectivity index (χ1n) is 20.5. The normalized spacial score (nSPS) is 13.1. The number of pyridine rings is 1. The monoisotopic (exact) mass is 753 g/mol. The van der Waals surface area contributed by atoms with E-state index in [9.17, 15) is 0 Å². The number of hydrogen-bond acceptors (Lipinski definition) is 1. The molecule has 12 rings (SSSR count). The summed E-state index contributed by atoms with van der Waals surface area (Å²) in [6.45, 7) is 4.78. The first-order valence-corrected chi connectivity index (χ1v) is 20.5. The highest BCUT2D eigenvalue weighted by Crippen LogP contribution is 2.55. The van der Waals surface area contributed by atoms with E-state index in [2.05, 4.69) is 223 Å². The van der Waals surface area contributed by atoms with E-state index in [0.29, 0.717) is 0 Å². The van der Waals surface area contributed by atoms with Gasteiger partial charge in [0.15, 0.2) is 0 Å². The van der Waals surface area contributed by atoms with Crippen molar-refractivity contribution in [1.29, 1.82) is 0 Å². The van der Waals surface area contributed by atoms with Gasteiger partial charge in [0.25, 0.3) is 0 Å². The lowest BCUT2D eigenvalue weighted by atomic mass is 9.81. The van der Waals surface area contributed by atoms with E-state index >= 15 is 0 Å². The SMILES string of the molecule is CC1(C)c2ccccc2-c2c1cc(-c1ccc3c(c1)c1ccccc1n3-c1ccccc1)c1c3ccccc3n(-c3cc(-c4ccccc4)cc(-c4ccccc4)n3)c21. The van der Waals surface area contributed by atoms with E-state index in [1.54, 1.807) is 0 Å². The first kappa shape index (κ1) is 33.6. The molecule has 1 aliphatic rings. The van der Waals surface area contributed by atoms with Crippen molar-refractivity contribution in [2.24, 2.45) is 0 Å². The zero-order valence-electron chi connectivity index (χ0n) is 32.9. The molecular weight excluding hydrogens is 715 g/mol. The Labute approximate surface area is 343 Å². The molecule has 11 aromatic rings.